The largest absolute Gasteiger partial charge is 0.481 e. The molecule has 0 radical (unpaired) electrons. The highest BCUT2D eigenvalue weighted by atomic mass is 32.2. The SMILES string of the molecule is CC(C)(C)OC(=O)C[C@@H](CCCC1CCCCC1)c1nc(CNS(=O)(=O)c2ccccc2)no1.O=C(O)C[C@@H](CCCC1CCCCC1)c1nc(CNS(=O)(=O)c2ccccc2)no1. The van der Waals surface area contributed by atoms with Crippen LogP contribution in [0.5, 0.6) is 0 Å². The lowest BCUT2D eigenvalue weighted by Crippen LogP contribution is -2.25. The van der Waals surface area contributed by atoms with Crippen LogP contribution in [-0.2, 0) is 47.5 Å². The number of aliphatic carboxylic acids is 1. The topological polar surface area (TPSA) is 234 Å². The van der Waals surface area contributed by atoms with Crippen LogP contribution in [0.4, 0.5) is 0 Å². The molecule has 2 fully saturated rings. The van der Waals surface area contributed by atoms with E-state index in [0.29, 0.717) is 12.3 Å². The molecule has 2 heterocycles. The molecule has 2 saturated carbocycles. The lowest BCUT2D eigenvalue weighted by atomic mass is 9.84. The van der Waals surface area contributed by atoms with Crippen LogP contribution in [0.25, 0.3) is 0 Å². The third-order valence-corrected chi connectivity index (χ3v) is 14.5. The summed E-state index contributed by atoms with van der Waals surface area (Å²) >= 11 is 0. The minimum atomic E-state index is -3.68. The zero-order valence-corrected chi connectivity index (χ0v) is 39.1. The molecule has 0 unspecified atom stereocenters. The maximum Gasteiger partial charge on any atom is 0.307 e. The van der Waals surface area contributed by atoms with E-state index in [0.717, 1.165) is 43.9 Å². The second kappa shape index (κ2) is 24.7. The highest BCUT2D eigenvalue weighted by Crippen LogP contribution is 2.33. The first kappa shape index (κ1) is 50.5. The number of sulfonamides is 2. The van der Waals surface area contributed by atoms with Crippen molar-refractivity contribution in [2.75, 3.05) is 0 Å². The van der Waals surface area contributed by atoms with E-state index in [1.54, 1.807) is 36.4 Å². The molecule has 0 saturated heterocycles. The highest BCUT2D eigenvalue weighted by Gasteiger charge is 2.28. The standard InChI is InChI=1S/C25H37N3O5S.C21H29N3O5S/c1-25(2,3)32-23(29)17-20(14-10-13-19-11-6-4-7-12-19)24-27-22(28-33-24)18-26-34(30,31)21-15-8-5-9-16-21;25-20(26)14-17(11-7-10-16-8-3-1-4-9-16)21-23-19(24-29-21)15-22-30(27,28)18-12-5-2-6-13-18/h5,8-9,15-16,19-20,26H,4,6-7,10-14,17-18H2,1-3H3;2,5-6,12-13,16-17,22H,1,3-4,7-11,14-15H2,(H,25,26)/t20-;17-/m11/s1. The molecule has 2 aliphatic carbocycles. The Morgan fingerprint density at radius 1 is 0.672 bits per heavy atom. The van der Waals surface area contributed by atoms with Crippen molar-refractivity contribution in [3.05, 3.63) is 84.1 Å². The van der Waals surface area contributed by atoms with E-state index < -0.39 is 31.6 Å². The average Bonchev–Trinajstić information content (AvgIpc) is 3.96. The Balaban J connectivity index is 0.000000243. The molecule has 352 valence electrons. The van der Waals surface area contributed by atoms with Crippen molar-refractivity contribution in [3.63, 3.8) is 0 Å². The fourth-order valence-electron chi connectivity index (χ4n) is 8.37. The summed E-state index contributed by atoms with van der Waals surface area (Å²) in [7, 11) is -7.36. The highest BCUT2D eigenvalue weighted by molar-refractivity contribution is 7.89. The molecule has 3 N–H and O–H groups in total. The van der Waals surface area contributed by atoms with Crippen molar-refractivity contribution in [3.8, 4) is 0 Å². The second-order valence-corrected chi connectivity index (χ2v) is 21.6. The van der Waals surface area contributed by atoms with Gasteiger partial charge in [-0.3, -0.25) is 9.59 Å². The summed E-state index contributed by atoms with van der Waals surface area (Å²) in [5, 5.41) is 17.0. The van der Waals surface area contributed by atoms with Crippen LogP contribution in [-0.4, -0.2) is 59.8 Å². The van der Waals surface area contributed by atoms with Gasteiger partial charge in [0.05, 0.1) is 35.7 Å². The predicted octanol–water partition coefficient (Wildman–Crippen LogP) is 8.97. The van der Waals surface area contributed by atoms with Crippen LogP contribution in [0.15, 0.2) is 79.5 Å². The minimum Gasteiger partial charge on any atom is -0.481 e. The van der Waals surface area contributed by atoms with E-state index in [2.05, 4.69) is 29.7 Å². The molecule has 16 nitrogen and oxygen atoms in total. The Labute approximate surface area is 378 Å². The molecule has 2 aromatic carbocycles. The zero-order valence-electron chi connectivity index (χ0n) is 37.5. The summed E-state index contributed by atoms with van der Waals surface area (Å²) in [6.07, 6.45) is 18.5. The smallest absolute Gasteiger partial charge is 0.307 e. The molecule has 2 aliphatic rings. The summed E-state index contributed by atoms with van der Waals surface area (Å²) in [5.74, 6) is 0.670. The van der Waals surface area contributed by atoms with E-state index >= 15 is 0 Å². The van der Waals surface area contributed by atoms with Gasteiger partial charge in [0.15, 0.2) is 11.6 Å². The fraction of sp³-hybridized carbons (Fsp3) is 0.609. The number of benzene rings is 2. The molecule has 0 aliphatic heterocycles. The quantitative estimate of drug-likeness (QED) is 0.0625. The third-order valence-electron chi connectivity index (χ3n) is 11.6. The van der Waals surface area contributed by atoms with Crippen LogP contribution >= 0.6 is 0 Å². The maximum atomic E-state index is 12.5. The molecular weight excluding hydrogens is 861 g/mol. The van der Waals surface area contributed by atoms with Crippen molar-refractivity contribution in [1.82, 2.24) is 29.7 Å². The van der Waals surface area contributed by atoms with Gasteiger partial charge in [-0.1, -0.05) is 137 Å². The normalized spacial score (nSPS) is 16.4. The van der Waals surface area contributed by atoms with E-state index in [4.69, 9.17) is 13.8 Å². The van der Waals surface area contributed by atoms with Crippen molar-refractivity contribution in [2.24, 2.45) is 11.8 Å². The first-order chi connectivity index (χ1) is 30.6. The molecule has 0 spiro atoms. The molecule has 0 amide bonds. The van der Waals surface area contributed by atoms with Gasteiger partial charge >= 0.3 is 11.9 Å². The minimum absolute atomic E-state index is 0.0813. The number of rotatable bonds is 22. The second-order valence-electron chi connectivity index (χ2n) is 18.0. The molecule has 2 atom stereocenters. The number of nitrogens with zero attached hydrogens (tertiary/aromatic N) is 4. The summed E-state index contributed by atoms with van der Waals surface area (Å²) < 4.78 is 70.7. The van der Waals surface area contributed by atoms with E-state index in [9.17, 15) is 31.5 Å². The van der Waals surface area contributed by atoms with E-state index in [-0.39, 0.29) is 71.1 Å². The number of hydrogen-bond acceptors (Lipinski definition) is 13. The first-order valence-corrected chi connectivity index (χ1v) is 25.7. The summed E-state index contributed by atoms with van der Waals surface area (Å²) in [5.41, 5.74) is -0.570. The van der Waals surface area contributed by atoms with Crippen LogP contribution in [0.2, 0.25) is 0 Å². The first-order valence-electron chi connectivity index (χ1n) is 22.7. The lowest BCUT2D eigenvalue weighted by Gasteiger charge is -2.23. The number of hydrogen-bond donors (Lipinski definition) is 3. The average molecular weight is 927 g/mol. The fourth-order valence-corrected chi connectivity index (χ4v) is 10.4. The van der Waals surface area contributed by atoms with Gasteiger partial charge in [-0.15, -0.1) is 0 Å². The monoisotopic (exact) mass is 926 g/mol. The molecule has 64 heavy (non-hydrogen) atoms. The molecule has 18 heteroatoms. The van der Waals surface area contributed by atoms with Crippen molar-refractivity contribution in [2.45, 2.75) is 177 Å². The molecule has 6 rings (SSSR count). The number of carbonyl (C=O) groups is 2. The number of carboxylic acids is 1. The van der Waals surface area contributed by atoms with Gasteiger partial charge in [0.2, 0.25) is 31.8 Å². The Kier molecular flexibility index (Phi) is 19.5. The van der Waals surface area contributed by atoms with Gasteiger partial charge in [-0.05, 0) is 69.7 Å². The van der Waals surface area contributed by atoms with Crippen LogP contribution in [0.3, 0.4) is 0 Å². The van der Waals surface area contributed by atoms with E-state index in [1.165, 1.54) is 88.5 Å². The van der Waals surface area contributed by atoms with Crippen LogP contribution in [0, 0.1) is 11.8 Å². The van der Waals surface area contributed by atoms with Crippen LogP contribution < -0.4 is 9.44 Å². The van der Waals surface area contributed by atoms with Crippen molar-refractivity contribution in [1.29, 1.82) is 0 Å². The summed E-state index contributed by atoms with van der Waals surface area (Å²) in [4.78, 5) is 32.8. The lowest BCUT2D eigenvalue weighted by molar-refractivity contribution is -0.155. The number of aromatic nitrogens is 4. The van der Waals surface area contributed by atoms with E-state index in [1.807, 2.05) is 20.8 Å². The van der Waals surface area contributed by atoms with Crippen molar-refractivity contribution >= 4 is 32.0 Å². The number of carbonyl (C=O) groups excluding carboxylic acids is 1. The Bertz CT molecular complexity index is 2230. The van der Waals surface area contributed by atoms with Gasteiger partial charge < -0.3 is 18.9 Å². The van der Waals surface area contributed by atoms with Gasteiger partial charge in [0, 0.05) is 11.8 Å². The predicted molar refractivity (Wildman–Crippen MR) is 239 cm³/mol. The number of nitrogens with one attached hydrogen (secondary N) is 2. The summed E-state index contributed by atoms with van der Waals surface area (Å²) in [6, 6.07) is 16.1. The Hall–Kier alpha value is -4.52. The number of esters is 1. The molecule has 0 bridgehead atoms. The molecule has 4 aromatic rings. The Morgan fingerprint density at radius 3 is 1.47 bits per heavy atom. The van der Waals surface area contributed by atoms with Crippen molar-refractivity contribution < 1.29 is 45.3 Å². The third kappa shape index (κ3) is 17.5. The van der Waals surface area contributed by atoms with Gasteiger partial charge in [-0.25, -0.2) is 26.3 Å². The molecule has 2 aromatic heterocycles. The van der Waals surface area contributed by atoms with Gasteiger partial charge in [-0.2, -0.15) is 9.97 Å². The van der Waals surface area contributed by atoms with Gasteiger partial charge in [0.1, 0.15) is 5.60 Å². The Morgan fingerprint density at radius 2 is 1.08 bits per heavy atom. The number of ether oxygens (including phenoxy) is 1. The maximum absolute atomic E-state index is 12.5. The number of carboxylic acid groups (broad SMARTS) is 1. The molecular formula is C46H66N6O10S2. The zero-order chi connectivity index (χ0) is 46.0. The van der Waals surface area contributed by atoms with Gasteiger partial charge in [0.25, 0.3) is 0 Å². The summed E-state index contributed by atoms with van der Waals surface area (Å²) in [6.45, 7) is 5.30. The van der Waals surface area contributed by atoms with Crippen LogP contribution in [0.1, 0.15) is 172 Å².